The summed E-state index contributed by atoms with van der Waals surface area (Å²) in [5, 5.41) is 0.868. The summed E-state index contributed by atoms with van der Waals surface area (Å²) in [6, 6.07) is 9.15. The molecule has 1 aromatic carbocycles. The summed E-state index contributed by atoms with van der Waals surface area (Å²) in [5.41, 5.74) is 0.574. The zero-order chi connectivity index (χ0) is 18.9. The monoisotopic (exact) mass is 387 g/mol. The number of hydrogen-bond acceptors (Lipinski definition) is 4. The molecule has 3 heterocycles. The van der Waals surface area contributed by atoms with Crippen LogP contribution in [0.25, 0.3) is 10.9 Å². The third-order valence-corrected chi connectivity index (χ3v) is 8.11. The quantitative estimate of drug-likeness (QED) is 0.807. The van der Waals surface area contributed by atoms with Crippen molar-refractivity contribution in [1.29, 1.82) is 0 Å². The molecule has 0 atom stereocenters. The molecular formula is C21H29N3O2S. The van der Waals surface area contributed by atoms with E-state index >= 15 is 0 Å². The highest BCUT2D eigenvalue weighted by Crippen LogP contribution is 2.28. The van der Waals surface area contributed by atoms with Crippen molar-refractivity contribution in [2.24, 2.45) is 11.8 Å². The summed E-state index contributed by atoms with van der Waals surface area (Å²) < 4.78 is 28.1. The van der Waals surface area contributed by atoms with Gasteiger partial charge in [-0.2, -0.15) is 4.31 Å². The highest BCUT2D eigenvalue weighted by atomic mass is 32.2. The first kappa shape index (κ1) is 18.8. The highest BCUT2D eigenvalue weighted by Gasteiger charge is 2.31. The van der Waals surface area contributed by atoms with Gasteiger partial charge in [-0.15, -0.1) is 0 Å². The first-order valence-electron chi connectivity index (χ1n) is 10.1. The molecule has 2 aliphatic heterocycles. The zero-order valence-corrected chi connectivity index (χ0v) is 16.9. The largest absolute Gasteiger partial charge is 0.303 e. The molecular weight excluding hydrogens is 358 g/mol. The topological polar surface area (TPSA) is 53.5 Å². The van der Waals surface area contributed by atoms with Crippen molar-refractivity contribution in [2.45, 2.75) is 37.5 Å². The zero-order valence-electron chi connectivity index (χ0n) is 16.0. The molecule has 2 saturated heterocycles. The molecule has 146 valence electrons. The lowest BCUT2D eigenvalue weighted by Gasteiger charge is -2.36. The predicted octanol–water partition coefficient (Wildman–Crippen LogP) is 3.37. The van der Waals surface area contributed by atoms with E-state index in [1.165, 1.54) is 25.9 Å². The van der Waals surface area contributed by atoms with E-state index < -0.39 is 10.0 Å². The smallest absolute Gasteiger partial charge is 0.245 e. The number of aromatic nitrogens is 1. The van der Waals surface area contributed by atoms with Crippen molar-refractivity contribution in [2.75, 3.05) is 32.7 Å². The molecule has 0 N–H and O–H groups in total. The Morgan fingerprint density at radius 3 is 2.44 bits per heavy atom. The summed E-state index contributed by atoms with van der Waals surface area (Å²) in [4.78, 5) is 7.24. The summed E-state index contributed by atoms with van der Waals surface area (Å²) in [6.45, 7) is 7.07. The van der Waals surface area contributed by atoms with Crippen LogP contribution >= 0.6 is 0 Å². The fourth-order valence-corrected chi connectivity index (χ4v) is 6.00. The second-order valence-corrected chi connectivity index (χ2v) is 10.1. The van der Waals surface area contributed by atoms with E-state index in [9.17, 15) is 8.42 Å². The average molecular weight is 388 g/mol. The fourth-order valence-electron chi connectivity index (χ4n) is 4.37. The van der Waals surface area contributed by atoms with Gasteiger partial charge in [-0.1, -0.05) is 25.1 Å². The second kappa shape index (κ2) is 7.86. The van der Waals surface area contributed by atoms with Gasteiger partial charge in [-0.25, -0.2) is 8.42 Å². The molecule has 2 fully saturated rings. The van der Waals surface area contributed by atoms with Gasteiger partial charge in [-0.3, -0.25) is 4.98 Å². The van der Waals surface area contributed by atoms with Crippen molar-refractivity contribution >= 4 is 20.9 Å². The van der Waals surface area contributed by atoms with Gasteiger partial charge in [0.05, 0.1) is 5.52 Å². The van der Waals surface area contributed by atoms with Crippen LogP contribution in [0.15, 0.2) is 41.4 Å². The van der Waals surface area contributed by atoms with Crippen LogP contribution in [0, 0.1) is 11.8 Å². The molecule has 2 aromatic rings. The van der Waals surface area contributed by atoms with Crippen molar-refractivity contribution in [3.05, 3.63) is 36.5 Å². The number of fused-ring (bicyclic) bond motifs is 1. The van der Waals surface area contributed by atoms with Gasteiger partial charge in [0.25, 0.3) is 0 Å². The number of para-hydroxylation sites is 1. The van der Waals surface area contributed by atoms with Gasteiger partial charge in [0.2, 0.25) is 10.0 Å². The molecule has 4 rings (SSSR count). The van der Waals surface area contributed by atoms with Crippen LogP contribution in [0.3, 0.4) is 0 Å². The van der Waals surface area contributed by atoms with Gasteiger partial charge in [0, 0.05) is 31.2 Å². The number of sulfonamides is 1. The molecule has 0 amide bonds. The lowest BCUT2D eigenvalue weighted by molar-refractivity contribution is 0.142. The van der Waals surface area contributed by atoms with Crippen molar-refractivity contribution in [1.82, 2.24) is 14.2 Å². The Balaban J connectivity index is 1.42. The molecule has 0 saturated carbocycles. The number of hydrogen-bond donors (Lipinski definition) is 0. The Hall–Kier alpha value is -1.50. The van der Waals surface area contributed by atoms with Crippen LogP contribution in [0.4, 0.5) is 0 Å². The van der Waals surface area contributed by atoms with E-state index in [2.05, 4.69) is 16.8 Å². The minimum absolute atomic E-state index is 0.337. The number of likely N-dealkylation sites (tertiary alicyclic amines) is 1. The molecule has 0 radical (unpaired) electrons. The maximum absolute atomic E-state index is 13.2. The number of pyridine rings is 1. The second-order valence-electron chi connectivity index (χ2n) is 8.16. The van der Waals surface area contributed by atoms with Gasteiger partial charge in [-0.05, 0) is 62.7 Å². The third-order valence-electron chi connectivity index (χ3n) is 6.18. The Morgan fingerprint density at radius 1 is 1.00 bits per heavy atom. The van der Waals surface area contributed by atoms with Crippen LogP contribution in [0.1, 0.15) is 32.6 Å². The maximum atomic E-state index is 13.2. The van der Waals surface area contributed by atoms with Gasteiger partial charge in [0.1, 0.15) is 4.90 Å². The third kappa shape index (κ3) is 4.03. The van der Waals surface area contributed by atoms with Gasteiger partial charge < -0.3 is 4.90 Å². The minimum Gasteiger partial charge on any atom is -0.303 e. The van der Waals surface area contributed by atoms with Crippen LogP contribution in [-0.2, 0) is 10.0 Å². The minimum atomic E-state index is -3.50. The lowest BCUT2D eigenvalue weighted by Crippen LogP contribution is -2.43. The van der Waals surface area contributed by atoms with Crippen molar-refractivity contribution in [3.63, 3.8) is 0 Å². The number of piperidine rings is 2. The molecule has 0 unspecified atom stereocenters. The first-order valence-corrected chi connectivity index (χ1v) is 11.5. The molecule has 0 bridgehead atoms. The lowest BCUT2D eigenvalue weighted by atomic mass is 9.94. The summed E-state index contributed by atoms with van der Waals surface area (Å²) in [6.07, 6.45) is 6.14. The van der Waals surface area contributed by atoms with Gasteiger partial charge in [0.15, 0.2) is 0 Å². The SMILES string of the molecule is CC1CCN(CC2CCN(S(=O)(=O)c3cccc4cccnc34)CC2)CC1. The first-order chi connectivity index (χ1) is 13.0. The van der Waals surface area contributed by atoms with E-state index in [0.29, 0.717) is 29.4 Å². The molecule has 1 aromatic heterocycles. The van der Waals surface area contributed by atoms with Crippen LogP contribution in [-0.4, -0.2) is 55.3 Å². The molecule has 5 nitrogen and oxygen atoms in total. The fraction of sp³-hybridized carbons (Fsp3) is 0.571. The summed E-state index contributed by atoms with van der Waals surface area (Å²) in [5.74, 6) is 1.46. The van der Waals surface area contributed by atoms with Crippen LogP contribution < -0.4 is 0 Å². The standard InChI is InChI=1S/C21H29N3O2S/c1-17-7-12-23(13-8-17)16-18-9-14-24(15-10-18)27(25,26)20-6-2-4-19-5-3-11-22-21(19)20/h2-6,11,17-18H,7-10,12-16H2,1H3. The normalized spacial score (nSPS) is 21.7. The van der Waals surface area contributed by atoms with E-state index in [0.717, 1.165) is 30.7 Å². The molecule has 2 aliphatic rings. The van der Waals surface area contributed by atoms with E-state index in [1.807, 2.05) is 18.2 Å². The Kier molecular flexibility index (Phi) is 5.48. The Morgan fingerprint density at radius 2 is 1.70 bits per heavy atom. The molecule has 0 spiro atoms. The predicted molar refractivity (Wildman–Crippen MR) is 108 cm³/mol. The summed E-state index contributed by atoms with van der Waals surface area (Å²) in [7, 11) is -3.50. The summed E-state index contributed by atoms with van der Waals surface area (Å²) >= 11 is 0. The Bertz CT molecular complexity index is 878. The number of nitrogens with zero attached hydrogens (tertiary/aromatic N) is 3. The van der Waals surface area contributed by atoms with Crippen LogP contribution in [0.2, 0.25) is 0 Å². The van der Waals surface area contributed by atoms with E-state index in [-0.39, 0.29) is 0 Å². The van der Waals surface area contributed by atoms with E-state index in [1.54, 1.807) is 22.6 Å². The maximum Gasteiger partial charge on any atom is 0.245 e. The van der Waals surface area contributed by atoms with Gasteiger partial charge >= 0.3 is 0 Å². The molecule has 27 heavy (non-hydrogen) atoms. The molecule has 0 aliphatic carbocycles. The van der Waals surface area contributed by atoms with Crippen molar-refractivity contribution < 1.29 is 8.42 Å². The number of rotatable bonds is 4. The van der Waals surface area contributed by atoms with Crippen LogP contribution in [0.5, 0.6) is 0 Å². The average Bonchev–Trinajstić information content (AvgIpc) is 2.70. The molecule has 6 heteroatoms. The highest BCUT2D eigenvalue weighted by molar-refractivity contribution is 7.89. The van der Waals surface area contributed by atoms with Crippen molar-refractivity contribution in [3.8, 4) is 0 Å². The van der Waals surface area contributed by atoms with E-state index in [4.69, 9.17) is 0 Å². The Labute approximate surface area is 162 Å². The number of benzene rings is 1.